The van der Waals surface area contributed by atoms with Crippen LogP contribution in [-0.2, 0) is 17.8 Å². The summed E-state index contributed by atoms with van der Waals surface area (Å²) in [6.07, 6.45) is 6.24. The first-order chi connectivity index (χ1) is 8.26. The molecular formula is C11H21N5O. The number of nitrogens with two attached hydrogens (primary N) is 1. The van der Waals surface area contributed by atoms with Crippen molar-refractivity contribution >= 4 is 5.91 Å². The summed E-state index contributed by atoms with van der Waals surface area (Å²) in [5, 5.41) is 10.7. The minimum atomic E-state index is 0.0632. The van der Waals surface area contributed by atoms with Gasteiger partial charge in [-0.05, 0) is 32.2 Å². The number of carbonyl (C=O) groups excluding carboxylic acids is 1. The molecule has 0 aliphatic carbocycles. The van der Waals surface area contributed by atoms with Gasteiger partial charge >= 0.3 is 0 Å². The molecule has 1 rings (SSSR count). The summed E-state index contributed by atoms with van der Waals surface area (Å²) in [6, 6.07) is 0. The summed E-state index contributed by atoms with van der Waals surface area (Å²) in [7, 11) is 1.65. The highest BCUT2D eigenvalue weighted by Gasteiger charge is 2.02. The van der Waals surface area contributed by atoms with Crippen molar-refractivity contribution in [3.8, 4) is 0 Å². The number of carbonyl (C=O) groups is 1. The van der Waals surface area contributed by atoms with Gasteiger partial charge in [-0.1, -0.05) is 5.21 Å². The quantitative estimate of drug-likeness (QED) is 0.629. The molecule has 0 saturated heterocycles. The molecule has 0 fully saturated rings. The molecule has 0 saturated carbocycles. The highest BCUT2D eigenvalue weighted by molar-refractivity contribution is 5.75. The van der Waals surface area contributed by atoms with Gasteiger partial charge in [-0.25, -0.2) is 0 Å². The van der Waals surface area contributed by atoms with Gasteiger partial charge in [0.25, 0.3) is 0 Å². The Bertz CT molecular complexity index is 336. The van der Waals surface area contributed by atoms with Crippen LogP contribution < -0.4 is 11.1 Å². The zero-order valence-electron chi connectivity index (χ0n) is 10.4. The van der Waals surface area contributed by atoms with Crippen molar-refractivity contribution in [2.24, 2.45) is 5.73 Å². The number of hydrogen-bond donors (Lipinski definition) is 2. The van der Waals surface area contributed by atoms with Gasteiger partial charge in [-0.2, -0.15) is 0 Å². The first-order valence-corrected chi connectivity index (χ1v) is 6.06. The average Bonchev–Trinajstić information content (AvgIpc) is 2.77. The molecule has 6 nitrogen and oxygen atoms in total. The first-order valence-electron chi connectivity index (χ1n) is 6.06. The van der Waals surface area contributed by atoms with Crippen LogP contribution in [0.3, 0.4) is 0 Å². The van der Waals surface area contributed by atoms with Crippen LogP contribution in [-0.4, -0.2) is 34.5 Å². The van der Waals surface area contributed by atoms with E-state index in [0.29, 0.717) is 6.42 Å². The van der Waals surface area contributed by atoms with Crippen molar-refractivity contribution in [3.63, 3.8) is 0 Å². The molecule has 0 atom stereocenters. The minimum absolute atomic E-state index is 0.0632. The smallest absolute Gasteiger partial charge is 0.219 e. The molecule has 1 amide bonds. The molecule has 96 valence electrons. The number of aryl methyl sites for hydroxylation is 2. The van der Waals surface area contributed by atoms with Gasteiger partial charge in [0.05, 0.1) is 5.69 Å². The summed E-state index contributed by atoms with van der Waals surface area (Å²) in [6.45, 7) is 1.46. The number of nitrogens with one attached hydrogen (secondary N) is 1. The van der Waals surface area contributed by atoms with E-state index >= 15 is 0 Å². The van der Waals surface area contributed by atoms with Crippen molar-refractivity contribution in [1.82, 2.24) is 20.3 Å². The van der Waals surface area contributed by atoms with Crippen molar-refractivity contribution in [3.05, 3.63) is 11.9 Å². The molecule has 3 N–H and O–H groups in total. The Labute approximate surface area is 102 Å². The third kappa shape index (κ3) is 5.44. The Balaban J connectivity index is 2.23. The first kappa shape index (κ1) is 13.6. The normalized spacial score (nSPS) is 10.5. The van der Waals surface area contributed by atoms with E-state index in [1.165, 1.54) is 0 Å². The van der Waals surface area contributed by atoms with Gasteiger partial charge in [0.1, 0.15) is 0 Å². The summed E-state index contributed by atoms with van der Waals surface area (Å²) in [5.41, 5.74) is 6.42. The van der Waals surface area contributed by atoms with E-state index in [2.05, 4.69) is 15.6 Å². The maximum absolute atomic E-state index is 11.0. The van der Waals surface area contributed by atoms with Crippen LogP contribution in [0, 0.1) is 0 Å². The lowest BCUT2D eigenvalue weighted by molar-refractivity contribution is -0.120. The van der Waals surface area contributed by atoms with Crippen LogP contribution in [0.2, 0.25) is 0 Å². The molecule has 0 unspecified atom stereocenters. The van der Waals surface area contributed by atoms with Crippen LogP contribution in [0.15, 0.2) is 6.20 Å². The molecular weight excluding hydrogens is 218 g/mol. The average molecular weight is 239 g/mol. The van der Waals surface area contributed by atoms with Gasteiger partial charge in [-0.15, -0.1) is 5.10 Å². The molecule has 0 aliphatic heterocycles. The lowest BCUT2D eigenvalue weighted by Crippen LogP contribution is -2.17. The molecule has 6 heteroatoms. The number of nitrogens with zero attached hydrogens (tertiary/aromatic N) is 3. The third-order valence-electron chi connectivity index (χ3n) is 2.54. The predicted molar refractivity (Wildman–Crippen MR) is 65.3 cm³/mol. The van der Waals surface area contributed by atoms with E-state index in [1.807, 2.05) is 6.20 Å². The van der Waals surface area contributed by atoms with Gasteiger partial charge in [0.15, 0.2) is 0 Å². The number of amides is 1. The van der Waals surface area contributed by atoms with E-state index in [0.717, 1.165) is 44.5 Å². The summed E-state index contributed by atoms with van der Waals surface area (Å²) >= 11 is 0. The second-order valence-corrected chi connectivity index (χ2v) is 4.00. The fourth-order valence-electron chi connectivity index (χ4n) is 1.54. The molecule has 1 heterocycles. The zero-order valence-corrected chi connectivity index (χ0v) is 10.4. The zero-order chi connectivity index (χ0) is 12.5. The number of unbranched alkanes of at least 4 members (excludes halogenated alkanes) is 1. The van der Waals surface area contributed by atoms with E-state index < -0.39 is 0 Å². The van der Waals surface area contributed by atoms with Crippen molar-refractivity contribution in [2.75, 3.05) is 13.6 Å². The molecule has 0 spiro atoms. The number of hydrogen-bond acceptors (Lipinski definition) is 4. The molecule has 1 aromatic rings. The molecule has 0 aliphatic rings. The molecule has 1 aromatic heterocycles. The highest BCUT2D eigenvalue weighted by atomic mass is 16.1. The topological polar surface area (TPSA) is 85.8 Å². The second kappa shape index (κ2) is 7.78. The van der Waals surface area contributed by atoms with Crippen LogP contribution in [0.25, 0.3) is 0 Å². The summed E-state index contributed by atoms with van der Waals surface area (Å²) in [5.74, 6) is 0.0632. The third-order valence-corrected chi connectivity index (χ3v) is 2.54. The molecule has 0 bridgehead atoms. The molecule has 0 aromatic carbocycles. The van der Waals surface area contributed by atoms with Crippen molar-refractivity contribution in [2.45, 2.75) is 38.6 Å². The number of aromatic nitrogens is 3. The Morgan fingerprint density at radius 2 is 2.29 bits per heavy atom. The van der Waals surface area contributed by atoms with Crippen molar-refractivity contribution in [1.29, 1.82) is 0 Å². The highest BCUT2D eigenvalue weighted by Crippen LogP contribution is 2.01. The fraction of sp³-hybridized carbons (Fsp3) is 0.727. The van der Waals surface area contributed by atoms with Crippen LogP contribution >= 0.6 is 0 Å². The Morgan fingerprint density at radius 1 is 1.47 bits per heavy atom. The van der Waals surface area contributed by atoms with Gasteiger partial charge in [0, 0.05) is 26.2 Å². The lowest BCUT2D eigenvalue weighted by Gasteiger charge is -1.99. The largest absolute Gasteiger partial charge is 0.359 e. The lowest BCUT2D eigenvalue weighted by atomic mass is 10.2. The van der Waals surface area contributed by atoms with E-state index in [4.69, 9.17) is 5.73 Å². The van der Waals surface area contributed by atoms with E-state index in [1.54, 1.807) is 11.7 Å². The number of rotatable bonds is 8. The van der Waals surface area contributed by atoms with Crippen LogP contribution in [0.1, 0.15) is 31.4 Å². The Hall–Kier alpha value is -1.43. The minimum Gasteiger partial charge on any atom is -0.359 e. The summed E-state index contributed by atoms with van der Waals surface area (Å²) in [4.78, 5) is 11.0. The Morgan fingerprint density at radius 3 is 3.00 bits per heavy atom. The maximum atomic E-state index is 11.0. The fourth-order valence-corrected chi connectivity index (χ4v) is 1.54. The van der Waals surface area contributed by atoms with Crippen molar-refractivity contribution < 1.29 is 4.79 Å². The van der Waals surface area contributed by atoms with Crippen LogP contribution in [0.4, 0.5) is 0 Å². The summed E-state index contributed by atoms with van der Waals surface area (Å²) < 4.78 is 1.79. The van der Waals surface area contributed by atoms with E-state index in [-0.39, 0.29) is 5.91 Å². The predicted octanol–water partition coefficient (Wildman–Crippen LogP) is 0.0857. The SMILES string of the molecule is CNC(=O)CCCn1cc(CCCCN)nn1. The maximum Gasteiger partial charge on any atom is 0.219 e. The van der Waals surface area contributed by atoms with E-state index in [9.17, 15) is 4.79 Å². The molecule has 17 heavy (non-hydrogen) atoms. The van der Waals surface area contributed by atoms with Gasteiger partial charge in [0.2, 0.25) is 5.91 Å². The molecule has 0 radical (unpaired) electrons. The van der Waals surface area contributed by atoms with Crippen LogP contribution in [0.5, 0.6) is 0 Å². The van der Waals surface area contributed by atoms with Gasteiger partial charge < -0.3 is 11.1 Å². The van der Waals surface area contributed by atoms with Gasteiger partial charge in [-0.3, -0.25) is 9.48 Å². The monoisotopic (exact) mass is 239 g/mol. The Kier molecular flexibility index (Phi) is 6.24. The second-order valence-electron chi connectivity index (χ2n) is 4.00. The standard InChI is InChI=1S/C11H21N5O/c1-13-11(17)6-4-8-16-9-10(14-15-16)5-2-3-7-12/h9H,2-8,12H2,1H3,(H,13,17).